The molecule has 0 aromatic heterocycles. The van der Waals surface area contributed by atoms with Crippen LogP contribution in [0, 0.1) is 0 Å². The molecule has 2 N–H and O–H groups in total. The molecule has 6 nitrogen and oxygen atoms in total. The van der Waals surface area contributed by atoms with E-state index in [9.17, 15) is 14.4 Å². The molecule has 0 radical (unpaired) electrons. The average molecular weight is 365 g/mol. The highest BCUT2D eigenvalue weighted by Crippen LogP contribution is 2.34. The van der Waals surface area contributed by atoms with E-state index in [1.54, 1.807) is 0 Å². The van der Waals surface area contributed by atoms with Crippen molar-refractivity contribution in [3.63, 3.8) is 0 Å². The van der Waals surface area contributed by atoms with Gasteiger partial charge in [-0.15, -0.1) is 0 Å². The van der Waals surface area contributed by atoms with Gasteiger partial charge in [-0.25, -0.2) is 4.79 Å². The molecule has 2 aromatic rings. The summed E-state index contributed by atoms with van der Waals surface area (Å²) in [6.07, 6.45) is 3.16. The SMILES string of the molecule is C[C@H](NC(=O)CN1C(=O)NC2(CCCC2)C1=O)c1ccc2ccccc2c1. The van der Waals surface area contributed by atoms with Crippen LogP contribution in [0.5, 0.6) is 0 Å². The van der Waals surface area contributed by atoms with Gasteiger partial charge in [-0.3, -0.25) is 14.5 Å². The van der Waals surface area contributed by atoms with Gasteiger partial charge in [-0.1, -0.05) is 49.2 Å². The van der Waals surface area contributed by atoms with E-state index in [0.717, 1.165) is 34.1 Å². The van der Waals surface area contributed by atoms with Crippen LogP contribution in [-0.2, 0) is 9.59 Å². The zero-order valence-electron chi connectivity index (χ0n) is 15.3. The summed E-state index contributed by atoms with van der Waals surface area (Å²) in [5.74, 6) is -0.604. The summed E-state index contributed by atoms with van der Waals surface area (Å²) in [6, 6.07) is 13.4. The molecule has 0 unspecified atom stereocenters. The van der Waals surface area contributed by atoms with Crippen LogP contribution in [0.15, 0.2) is 42.5 Å². The summed E-state index contributed by atoms with van der Waals surface area (Å²) >= 11 is 0. The minimum absolute atomic E-state index is 0.219. The average Bonchev–Trinajstić information content (AvgIpc) is 3.22. The minimum atomic E-state index is -0.776. The van der Waals surface area contributed by atoms with Gasteiger partial charge >= 0.3 is 6.03 Å². The molecular weight excluding hydrogens is 342 g/mol. The number of carbonyl (C=O) groups is 3. The molecule has 27 heavy (non-hydrogen) atoms. The fourth-order valence-electron chi connectivity index (χ4n) is 4.13. The molecule has 1 aliphatic heterocycles. The van der Waals surface area contributed by atoms with E-state index in [4.69, 9.17) is 0 Å². The van der Waals surface area contributed by atoms with Crippen molar-refractivity contribution in [2.24, 2.45) is 0 Å². The number of rotatable bonds is 4. The molecule has 1 saturated heterocycles. The summed E-state index contributed by atoms with van der Waals surface area (Å²) in [5.41, 5.74) is 0.202. The van der Waals surface area contributed by atoms with Crippen molar-refractivity contribution in [2.75, 3.05) is 6.54 Å². The number of hydrogen-bond acceptors (Lipinski definition) is 3. The smallest absolute Gasteiger partial charge is 0.325 e. The van der Waals surface area contributed by atoms with Gasteiger partial charge in [0.15, 0.2) is 0 Å². The van der Waals surface area contributed by atoms with Crippen LogP contribution >= 0.6 is 0 Å². The summed E-state index contributed by atoms with van der Waals surface area (Å²) in [5, 5.41) is 7.94. The molecule has 4 amide bonds. The van der Waals surface area contributed by atoms with E-state index in [1.807, 2.05) is 49.4 Å². The molecule has 140 valence electrons. The Hall–Kier alpha value is -2.89. The van der Waals surface area contributed by atoms with Gasteiger partial charge in [0.05, 0.1) is 6.04 Å². The Labute approximate surface area is 157 Å². The molecular formula is C21H23N3O3. The number of amides is 4. The molecule has 4 rings (SSSR count). The van der Waals surface area contributed by atoms with Gasteiger partial charge < -0.3 is 10.6 Å². The maximum Gasteiger partial charge on any atom is 0.325 e. The van der Waals surface area contributed by atoms with E-state index in [0.29, 0.717) is 12.8 Å². The van der Waals surface area contributed by atoms with Gasteiger partial charge in [0.2, 0.25) is 5.91 Å². The Morgan fingerprint density at radius 2 is 1.85 bits per heavy atom. The van der Waals surface area contributed by atoms with Crippen molar-refractivity contribution >= 4 is 28.6 Å². The number of nitrogens with zero attached hydrogens (tertiary/aromatic N) is 1. The van der Waals surface area contributed by atoms with Crippen LogP contribution in [0.25, 0.3) is 10.8 Å². The van der Waals surface area contributed by atoms with Crippen molar-refractivity contribution < 1.29 is 14.4 Å². The normalized spacial score (nSPS) is 19.5. The van der Waals surface area contributed by atoms with E-state index in [-0.39, 0.29) is 24.4 Å². The minimum Gasteiger partial charge on any atom is -0.348 e. The molecule has 2 fully saturated rings. The molecule has 1 aliphatic carbocycles. The molecule has 2 aromatic carbocycles. The number of fused-ring (bicyclic) bond motifs is 1. The van der Waals surface area contributed by atoms with Gasteiger partial charge in [-0.2, -0.15) is 0 Å². The number of nitrogens with one attached hydrogen (secondary N) is 2. The summed E-state index contributed by atoms with van der Waals surface area (Å²) in [4.78, 5) is 38.3. The maximum absolute atomic E-state index is 12.6. The lowest BCUT2D eigenvalue weighted by atomic mass is 9.98. The highest BCUT2D eigenvalue weighted by Gasteiger charge is 2.52. The van der Waals surface area contributed by atoms with E-state index >= 15 is 0 Å². The first-order valence-corrected chi connectivity index (χ1v) is 9.41. The van der Waals surface area contributed by atoms with Crippen molar-refractivity contribution in [3.8, 4) is 0 Å². The number of imide groups is 1. The van der Waals surface area contributed by atoms with Gasteiger partial charge in [0, 0.05) is 0 Å². The van der Waals surface area contributed by atoms with Crippen molar-refractivity contribution in [2.45, 2.75) is 44.2 Å². The first kappa shape index (κ1) is 17.5. The quantitative estimate of drug-likeness (QED) is 0.818. The zero-order chi connectivity index (χ0) is 19.0. The fourth-order valence-corrected chi connectivity index (χ4v) is 4.13. The maximum atomic E-state index is 12.6. The van der Waals surface area contributed by atoms with E-state index < -0.39 is 11.6 Å². The lowest BCUT2D eigenvalue weighted by Gasteiger charge is -2.20. The molecule has 1 saturated carbocycles. The van der Waals surface area contributed by atoms with Gasteiger partial charge in [0.1, 0.15) is 12.1 Å². The third-order valence-corrected chi connectivity index (χ3v) is 5.66. The fraction of sp³-hybridized carbons (Fsp3) is 0.381. The van der Waals surface area contributed by atoms with Crippen LogP contribution in [-0.4, -0.2) is 34.8 Å². The second-order valence-corrected chi connectivity index (χ2v) is 7.51. The van der Waals surface area contributed by atoms with Gasteiger partial charge in [0.25, 0.3) is 5.91 Å². The van der Waals surface area contributed by atoms with E-state index in [2.05, 4.69) is 10.6 Å². The second kappa shape index (κ2) is 6.68. The Morgan fingerprint density at radius 3 is 2.59 bits per heavy atom. The van der Waals surface area contributed by atoms with Crippen molar-refractivity contribution in [1.82, 2.24) is 15.5 Å². The summed E-state index contributed by atoms with van der Waals surface area (Å²) in [7, 11) is 0. The van der Waals surface area contributed by atoms with Crippen LogP contribution < -0.4 is 10.6 Å². The van der Waals surface area contributed by atoms with Crippen LogP contribution in [0.1, 0.15) is 44.2 Å². The standard InChI is InChI=1S/C21H23N3O3/c1-14(16-9-8-15-6-2-3-7-17(15)12-16)22-18(25)13-24-19(26)21(23-20(24)27)10-4-5-11-21/h2-3,6-9,12,14H,4-5,10-11,13H2,1H3,(H,22,25)(H,23,27)/t14-/m0/s1. The van der Waals surface area contributed by atoms with Crippen LogP contribution in [0.3, 0.4) is 0 Å². The number of hydrogen-bond donors (Lipinski definition) is 2. The van der Waals surface area contributed by atoms with Crippen molar-refractivity contribution in [1.29, 1.82) is 0 Å². The Balaban J connectivity index is 1.42. The second-order valence-electron chi connectivity index (χ2n) is 7.51. The largest absolute Gasteiger partial charge is 0.348 e. The Morgan fingerprint density at radius 1 is 1.15 bits per heavy atom. The molecule has 6 heteroatoms. The lowest BCUT2D eigenvalue weighted by Crippen LogP contribution is -2.45. The first-order chi connectivity index (χ1) is 13.0. The van der Waals surface area contributed by atoms with E-state index in [1.165, 1.54) is 0 Å². The van der Waals surface area contributed by atoms with Crippen LogP contribution in [0.4, 0.5) is 4.79 Å². The predicted molar refractivity (Wildman–Crippen MR) is 102 cm³/mol. The molecule has 1 spiro atoms. The number of benzene rings is 2. The highest BCUT2D eigenvalue weighted by molar-refractivity contribution is 6.09. The Bertz CT molecular complexity index is 918. The van der Waals surface area contributed by atoms with Gasteiger partial charge in [-0.05, 0) is 42.2 Å². The Kier molecular flexibility index (Phi) is 4.34. The topological polar surface area (TPSA) is 78.5 Å². The molecule has 2 aliphatic rings. The predicted octanol–water partition coefficient (Wildman–Crippen LogP) is 2.88. The highest BCUT2D eigenvalue weighted by atomic mass is 16.2. The zero-order valence-corrected chi connectivity index (χ0v) is 15.3. The monoisotopic (exact) mass is 365 g/mol. The van der Waals surface area contributed by atoms with Crippen LogP contribution in [0.2, 0.25) is 0 Å². The number of urea groups is 1. The molecule has 0 bridgehead atoms. The third kappa shape index (κ3) is 3.16. The molecule has 1 heterocycles. The lowest BCUT2D eigenvalue weighted by molar-refractivity contribution is -0.135. The third-order valence-electron chi connectivity index (χ3n) is 5.66. The molecule has 1 atom stereocenters. The number of carbonyl (C=O) groups excluding carboxylic acids is 3. The first-order valence-electron chi connectivity index (χ1n) is 9.41. The van der Waals surface area contributed by atoms with Crippen molar-refractivity contribution in [3.05, 3.63) is 48.0 Å². The summed E-state index contributed by atoms with van der Waals surface area (Å²) < 4.78 is 0. The summed E-state index contributed by atoms with van der Waals surface area (Å²) in [6.45, 7) is 1.65.